The second kappa shape index (κ2) is 4.81. The molecule has 1 N–H and O–H groups in total. The lowest BCUT2D eigenvalue weighted by Crippen LogP contribution is -2.52. The van der Waals surface area contributed by atoms with Crippen LogP contribution in [-0.4, -0.2) is 39.8 Å². The Labute approximate surface area is 110 Å². The van der Waals surface area contributed by atoms with Crippen LogP contribution >= 0.6 is 0 Å². The molecule has 3 rings (SSSR count). The molecule has 0 spiro atoms. The minimum absolute atomic E-state index is 0.703. The molecule has 0 bridgehead atoms. The van der Waals surface area contributed by atoms with Gasteiger partial charge in [0.25, 0.3) is 0 Å². The molecule has 1 aromatic carbocycles. The van der Waals surface area contributed by atoms with E-state index >= 15 is 0 Å². The number of rotatable bonds is 3. The molecule has 18 heavy (non-hydrogen) atoms. The first-order valence-electron chi connectivity index (χ1n) is 7.00. The van der Waals surface area contributed by atoms with E-state index in [-0.39, 0.29) is 0 Å². The van der Waals surface area contributed by atoms with Gasteiger partial charge in [-0.15, -0.1) is 0 Å². The maximum absolute atomic E-state index is 3.67. The first-order valence-corrected chi connectivity index (χ1v) is 7.00. The molecule has 1 heterocycles. The summed E-state index contributed by atoms with van der Waals surface area (Å²) in [6, 6.07) is 9.44. The molecular weight excluding hydrogens is 222 g/mol. The Morgan fingerprint density at radius 1 is 1.22 bits per heavy atom. The van der Waals surface area contributed by atoms with Crippen LogP contribution in [0.2, 0.25) is 0 Å². The van der Waals surface area contributed by atoms with Crippen molar-refractivity contribution in [2.45, 2.75) is 18.9 Å². The third-order valence-electron chi connectivity index (χ3n) is 4.10. The van der Waals surface area contributed by atoms with Gasteiger partial charge in [-0.1, -0.05) is 12.1 Å². The molecule has 2 fully saturated rings. The summed E-state index contributed by atoms with van der Waals surface area (Å²) >= 11 is 0. The normalized spacial score (nSPS) is 24.1. The summed E-state index contributed by atoms with van der Waals surface area (Å²) in [4.78, 5) is 4.76. The molecule has 1 aliphatic heterocycles. The number of para-hydroxylation sites is 2. The van der Waals surface area contributed by atoms with E-state index in [9.17, 15) is 0 Å². The highest BCUT2D eigenvalue weighted by atomic mass is 15.2. The number of piperazine rings is 1. The van der Waals surface area contributed by atoms with E-state index in [0.717, 1.165) is 25.6 Å². The number of anilines is 2. The highest BCUT2D eigenvalue weighted by Gasteiger charge is 2.34. The number of nitrogens with one attached hydrogen (secondary N) is 1. The third-order valence-corrected chi connectivity index (χ3v) is 4.10. The average molecular weight is 245 g/mol. The molecule has 1 saturated heterocycles. The van der Waals surface area contributed by atoms with Crippen LogP contribution in [-0.2, 0) is 0 Å². The summed E-state index contributed by atoms with van der Waals surface area (Å²) in [6.45, 7) is 3.40. The summed E-state index contributed by atoms with van der Waals surface area (Å²) in [7, 11) is 4.25. The largest absolute Gasteiger partial charge is 0.376 e. The van der Waals surface area contributed by atoms with E-state index in [1.807, 2.05) is 0 Å². The summed E-state index contributed by atoms with van der Waals surface area (Å²) < 4.78 is 0. The minimum atomic E-state index is 0.703. The summed E-state index contributed by atoms with van der Waals surface area (Å²) in [5.74, 6) is 0.930. The van der Waals surface area contributed by atoms with E-state index in [1.165, 1.54) is 24.2 Å². The smallest absolute Gasteiger partial charge is 0.0604 e. The molecule has 2 aliphatic rings. The predicted molar refractivity (Wildman–Crippen MR) is 77.5 cm³/mol. The van der Waals surface area contributed by atoms with E-state index < -0.39 is 0 Å². The Morgan fingerprint density at radius 2 is 2.00 bits per heavy atom. The Hall–Kier alpha value is -1.22. The lowest BCUT2D eigenvalue weighted by Gasteiger charge is -2.37. The van der Waals surface area contributed by atoms with E-state index in [1.54, 1.807) is 0 Å². The fourth-order valence-electron chi connectivity index (χ4n) is 2.92. The number of nitrogens with zero attached hydrogens (tertiary/aromatic N) is 2. The van der Waals surface area contributed by atoms with Gasteiger partial charge in [-0.2, -0.15) is 0 Å². The van der Waals surface area contributed by atoms with Gasteiger partial charge >= 0.3 is 0 Å². The molecule has 1 aliphatic carbocycles. The monoisotopic (exact) mass is 245 g/mol. The first-order chi connectivity index (χ1) is 8.75. The van der Waals surface area contributed by atoms with Crippen LogP contribution in [0.5, 0.6) is 0 Å². The van der Waals surface area contributed by atoms with Crippen molar-refractivity contribution in [3.05, 3.63) is 24.3 Å². The molecule has 98 valence electrons. The predicted octanol–water partition coefficient (Wildman–Crippen LogP) is 1.94. The maximum Gasteiger partial charge on any atom is 0.0604 e. The summed E-state index contributed by atoms with van der Waals surface area (Å²) in [5, 5.41) is 3.67. The van der Waals surface area contributed by atoms with Crippen molar-refractivity contribution in [1.29, 1.82) is 0 Å². The third kappa shape index (κ3) is 2.32. The van der Waals surface area contributed by atoms with Crippen molar-refractivity contribution in [2.24, 2.45) is 5.92 Å². The summed E-state index contributed by atoms with van der Waals surface area (Å²) in [6.07, 6.45) is 2.83. The van der Waals surface area contributed by atoms with Crippen LogP contribution in [0.4, 0.5) is 11.4 Å². The van der Waals surface area contributed by atoms with Gasteiger partial charge in [-0.25, -0.2) is 0 Å². The second-order valence-corrected chi connectivity index (χ2v) is 5.73. The van der Waals surface area contributed by atoms with Gasteiger partial charge in [-0.05, 0) is 30.9 Å². The van der Waals surface area contributed by atoms with E-state index in [4.69, 9.17) is 0 Å². The van der Waals surface area contributed by atoms with Crippen LogP contribution < -0.4 is 15.1 Å². The van der Waals surface area contributed by atoms with Crippen molar-refractivity contribution in [3.8, 4) is 0 Å². The zero-order valence-corrected chi connectivity index (χ0v) is 11.4. The van der Waals surface area contributed by atoms with Crippen LogP contribution in [0.25, 0.3) is 0 Å². The van der Waals surface area contributed by atoms with Crippen molar-refractivity contribution in [2.75, 3.05) is 43.5 Å². The fraction of sp³-hybridized carbons (Fsp3) is 0.600. The lowest BCUT2D eigenvalue weighted by molar-refractivity contribution is 0.419. The van der Waals surface area contributed by atoms with Crippen LogP contribution in [0.1, 0.15) is 12.8 Å². The van der Waals surface area contributed by atoms with Gasteiger partial charge in [0.15, 0.2) is 0 Å². The molecule has 3 heteroatoms. The number of hydrogen-bond acceptors (Lipinski definition) is 3. The molecule has 0 amide bonds. The van der Waals surface area contributed by atoms with Crippen molar-refractivity contribution in [1.82, 2.24) is 5.32 Å². The summed E-state index contributed by atoms with van der Waals surface area (Å²) in [5.41, 5.74) is 2.71. The second-order valence-electron chi connectivity index (χ2n) is 5.73. The topological polar surface area (TPSA) is 18.5 Å². The van der Waals surface area contributed by atoms with Crippen molar-refractivity contribution in [3.63, 3.8) is 0 Å². The highest BCUT2D eigenvalue weighted by molar-refractivity contribution is 5.71. The van der Waals surface area contributed by atoms with Crippen LogP contribution in [0.15, 0.2) is 24.3 Å². The Balaban J connectivity index is 1.80. The molecule has 1 unspecified atom stereocenters. The van der Waals surface area contributed by atoms with Gasteiger partial charge in [0.1, 0.15) is 0 Å². The Bertz CT molecular complexity index is 412. The Kier molecular flexibility index (Phi) is 3.16. The zero-order chi connectivity index (χ0) is 12.5. The quantitative estimate of drug-likeness (QED) is 0.878. The lowest BCUT2D eigenvalue weighted by atomic mass is 10.1. The van der Waals surface area contributed by atoms with Crippen molar-refractivity contribution < 1.29 is 0 Å². The van der Waals surface area contributed by atoms with Gasteiger partial charge < -0.3 is 15.1 Å². The molecule has 1 saturated carbocycles. The molecule has 1 atom stereocenters. The van der Waals surface area contributed by atoms with Crippen molar-refractivity contribution >= 4 is 11.4 Å². The molecule has 1 aromatic rings. The minimum Gasteiger partial charge on any atom is -0.376 e. The van der Waals surface area contributed by atoms with E-state index in [0.29, 0.717) is 6.04 Å². The van der Waals surface area contributed by atoms with Gasteiger partial charge in [0.05, 0.1) is 11.4 Å². The molecular formula is C15H23N3. The molecule has 3 nitrogen and oxygen atoms in total. The Morgan fingerprint density at radius 3 is 2.72 bits per heavy atom. The van der Waals surface area contributed by atoms with Crippen LogP contribution in [0.3, 0.4) is 0 Å². The molecule has 0 radical (unpaired) electrons. The fourth-order valence-corrected chi connectivity index (χ4v) is 2.92. The standard InChI is InChI=1S/C15H23N3/c1-17(2)14-5-3-4-6-15(14)18-10-9-16-13(11-18)12-7-8-12/h3-6,12-13,16H,7-11H2,1-2H3. The highest BCUT2D eigenvalue weighted by Crippen LogP contribution is 2.35. The number of hydrogen-bond donors (Lipinski definition) is 1. The van der Waals surface area contributed by atoms with Crippen LogP contribution in [0, 0.1) is 5.92 Å². The van der Waals surface area contributed by atoms with Gasteiger partial charge in [0, 0.05) is 39.8 Å². The maximum atomic E-state index is 3.67. The molecule has 0 aromatic heterocycles. The van der Waals surface area contributed by atoms with Gasteiger partial charge in [-0.3, -0.25) is 0 Å². The zero-order valence-electron chi connectivity index (χ0n) is 11.4. The number of benzene rings is 1. The SMILES string of the molecule is CN(C)c1ccccc1N1CCNC(C2CC2)C1. The average Bonchev–Trinajstić information content (AvgIpc) is 3.23. The first kappa shape index (κ1) is 11.8. The van der Waals surface area contributed by atoms with Gasteiger partial charge in [0.2, 0.25) is 0 Å². The van der Waals surface area contributed by atoms with E-state index in [2.05, 4.69) is 53.5 Å².